The van der Waals surface area contributed by atoms with Gasteiger partial charge in [-0.05, 0) is 26.2 Å². The fourth-order valence-electron chi connectivity index (χ4n) is 1.59. The van der Waals surface area contributed by atoms with Crippen molar-refractivity contribution in [3.63, 3.8) is 0 Å². The molecule has 0 unspecified atom stereocenters. The number of amides is 1. The highest BCUT2D eigenvalue weighted by atomic mass is 16.2. The molecule has 106 valence electrons. The monoisotopic (exact) mass is 264 g/mol. The SMILES string of the molecule is CC(=O)N(C)Cc1cccc(N(C)CCN(C)C)n1. The first-order chi connectivity index (χ1) is 8.90. The molecule has 1 amide bonds. The number of carbonyl (C=O) groups is 1. The van der Waals surface area contributed by atoms with Crippen molar-refractivity contribution in [2.45, 2.75) is 13.5 Å². The smallest absolute Gasteiger partial charge is 0.219 e. The maximum Gasteiger partial charge on any atom is 0.219 e. The van der Waals surface area contributed by atoms with Crippen LogP contribution in [0.2, 0.25) is 0 Å². The summed E-state index contributed by atoms with van der Waals surface area (Å²) in [6.45, 7) is 4.01. The summed E-state index contributed by atoms with van der Waals surface area (Å²) in [4.78, 5) is 21.7. The molecule has 0 N–H and O–H groups in total. The van der Waals surface area contributed by atoms with Crippen molar-refractivity contribution >= 4 is 11.7 Å². The van der Waals surface area contributed by atoms with Crippen LogP contribution in [-0.2, 0) is 11.3 Å². The predicted octanol–water partition coefficient (Wildman–Crippen LogP) is 1.06. The first-order valence-electron chi connectivity index (χ1n) is 6.43. The molecular weight excluding hydrogens is 240 g/mol. The largest absolute Gasteiger partial charge is 0.358 e. The van der Waals surface area contributed by atoms with Gasteiger partial charge in [0.2, 0.25) is 5.91 Å². The molecule has 1 aromatic heterocycles. The van der Waals surface area contributed by atoms with Gasteiger partial charge in [0.1, 0.15) is 5.82 Å². The molecule has 0 aliphatic heterocycles. The van der Waals surface area contributed by atoms with Gasteiger partial charge in [0.25, 0.3) is 0 Å². The van der Waals surface area contributed by atoms with Crippen molar-refractivity contribution in [1.82, 2.24) is 14.8 Å². The molecule has 1 heterocycles. The highest BCUT2D eigenvalue weighted by Gasteiger charge is 2.07. The Kier molecular flexibility index (Phi) is 5.76. The van der Waals surface area contributed by atoms with Crippen molar-refractivity contribution in [1.29, 1.82) is 0 Å². The van der Waals surface area contributed by atoms with Crippen molar-refractivity contribution < 1.29 is 4.79 Å². The van der Waals surface area contributed by atoms with E-state index in [1.165, 1.54) is 0 Å². The Morgan fingerprint density at radius 1 is 1.16 bits per heavy atom. The molecular formula is C14H24N4O. The van der Waals surface area contributed by atoms with Crippen LogP contribution in [0.25, 0.3) is 0 Å². The van der Waals surface area contributed by atoms with Gasteiger partial charge in [-0.2, -0.15) is 0 Å². The Labute approximate surface area is 115 Å². The zero-order valence-electron chi connectivity index (χ0n) is 12.6. The summed E-state index contributed by atoms with van der Waals surface area (Å²) in [6.07, 6.45) is 0. The van der Waals surface area contributed by atoms with Crippen molar-refractivity contribution in [3.8, 4) is 0 Å². The molecule has 19 heavy (non-hydrogen) atoms. The van der Waals surface area contributed by atoms with Crippen LogP contribution in [0, 0.1) is 0 Å². The summed E-state index contributed by atoms with van der Waals surface area (Å²) in [7, 11) is 7.93. The van der Waals surface area contributed by atoms with E-state index < -0.39 is 0 Å². The fraction of sp³-hybridized carbons (Fsp3) is 0.571. The summed E-state index contributed by atoms with van der Waals surface area (Å²) in [5.74, 6) is 0.990. The third-order valence-corrected chi connectivity index (χ3v) is 3.00. The Balaban J connectivity index is 2.68. The number of hydrogen-bond donors (Lipinski definition) is 0. The van der Waals surface area contributed by atoms with Gasteiger partial charge >= 0.3 is 0 Å². The van der Waals surface area contributed by atoms with E-state index in [1.807, 2.05) is 25.2 Å². The lowest BCUT2D eigenvalue weighted by Gasteiger charge is -2.21. The zero-order valence-corrected chi connectivity index (χ0v) is 12.6. The standard InChI is InChI=1S/C14H24N4O/c1-12(19)18(5)11-13-7-6-8-14(15-13)17(4)10-9-16(2)3/h6-8H,9-11H2,1-5H3. The number of rotatable bonds is 6. The average Bonchev–Trinajstić information content (AvgIpc) is 2.36. The van der Waals surface area contributed by atoms with E-state index >= 15 is 0 Å². The molecule has 1 rings (SSSR count). The molecule has 0 aliphatic carbocycles. The Morgan fingerprint density at radius 2 is 1.84 bits per heavy atom. The highest BCUT2D eigenvalue weighted by molar-refractivity contribution is 5.72. The van der Waals surface area contributed by atoms with E-state index in [1.54, 1.807) is 18.9 Å². The highest BCUT2D eigenvalue weighted by Crippen LogP contribution is 2.10. The van der Waals surface area contributed by atoms with E-state index in [4.69, 9.17) is 0 Å². The number of hydrogen-bond acceptors (Lipinski definition) is 4. The number of carbonyl (C=O) groups excluding carboxylic acids is 1. The van der Waals surface area contributed by atoms with Gasteiger partial charge in [-0.15, -0.1) is 0 Å². The van der Waals surface area contributed by atoms with Crippen molar-refractivity contribution in [2.75, 3.05) is 46.2 Å². The maximum absolute atomic E-state index is 11.2. The fourth-order valence-corrected chi connectivity index (χ4v) is 1.59. The van der Waals surface area contributed by atoms with Crippen LogP contribution in [0.4, 0.5) is 5.82 Å². The third-order valence-electron chi connectivity index (χ3n) is 3.00. The van der Waals surface area contributed by atoms with Crippen molar-refractivity contribution in [2.24, 2.45) is 0 Å². The minimum atomic E-state index is 0.0492. The number of aromatic nitrogens is 1. The van der Waals surface area contributed by atoms with Crippen LogP contribution in [0.3, 0.4) is 0 Å². The summed E-state index contributed by atoms with van der Waals surface area (Å²) in [5, 5.41) is 0. The summed E-state index contributed by atoms with van der Waals surface area (Å²) < 4.78 is 0. The second-order valence-corrected chi connectivity index (χ2v) is 5.09. The first kappa shape index (κ1) is 15.4. The van der Waals surface area contributed by atoms with E-state index in [-0.39, 0.29) is 5.91 Å². The van der Waals surface area contributed by atoms with E-state index in [2.05, 4.69) is 28.9 Å². The minimum Gasteiger partial charge on any atom is -0.358 e. The summed E-state index contributed by atoms with van der Waals surface area (Å²) in [5.41, 5.74) is 0.909. The van der Waals surface area contributed by atoms with Crippen LogP contribution in [0.5, 0.6) is 0 Å². The van der Waals surface area contributed by atoms with E-state index in [0.29, 0.717) is 6.54 Å². The molecule has 0 saturated heterocycles. The van der Waals surface area contributed by atoms with Gasteiger partial charge in [0.05, 0.1) is 12.2 Å². The average molecular weight is 264 g/mol. The molecule has 0 aromatic carbocycles. The number of nitrogens with zero attached hydrogens (tertiary/aromatic N) is 4. The van der Waals surface area contributed by atoms with E-state index in [9.17, 15) is 4.79 Å². The normalized spacial score (nSPS) is 10.6. The number of anilines is 1. The Bertz CT molecular complexity index is 420. The lowest BCUT2D eigenvalue weighted by molar-refractivity contribution is -0.128. The predicted molar refractivity (Wildman–Crippen MR) is 78.2 cm³/mol. The first-order valence-corrected chi connectivity index (χ1v) is 6.43. The minimum absolute atomic E-state index is 0.0492. The summed E-state index contributed by atoms with van der Waals surface area (Å²) in [6, 6.07) is 5.92. The van der Waals surface area contributed by atoms with Crippen LogP contribution < -0.4 is 4.90 Å². The Hall–Kier alpha value is -1.62. The topological polar surface area (TPSA) is 39.7 Å². The molecule has 0 atom stereocenters. The summed E-state index contributed by atoms with van der Waals surface area (Å²) >= 11 is 0. The zero-order chi connectivity index (χ0) is 14.4. The molecule has 5 heteroatoms. The van der Waals surface area contributed by atoms with Crippen LogP contribution >= 0.6 is 0 Å². The number of likely N-dealkylation sites (N-methyl/N-ethyl adjacent to an activating group) is 2. The third kappa shape index (κ3) is 5.26. The molecule has 0 radical (unpaired) electrons. The molecule has 0 spiro atoms. The maximum atomic E-state index is 11.2. The molecule has 0 aliphatic rings. The van der Waals surface area contributed by atoms with Crippen LogP contribution in [0.1, 0.15) is 12.6 Å². The van der Waals surface area contributed by atoms with Gasteiger partial charge in [0.15, 0.2) is 0 Å². The molecule has 0 fully saturated rings. The molecule has 1 aromatic rings. The molecule has 5 nitrogen and oxygen atoms in total. The van der Waals surface area contributed by atoms with Gasteiger partial charge in [-0.1, -0.05) is 6.07 Å². The lowest BCUT2D eigenvalue weighted by Crippen LogP contribution is -2.29. The van der Waals surface area contributed by atoms with Gasteiger partial charge < -0.3 is 14.7 Å². The van der Waals surface area contributed by atoms with E-state index in [0.717, 1.165) is 24.6 Å². The molecule has 0 bridgehead atoms. The van der Waals surface area contributed by atoms with Gasteiger partial charge in [0, 0.05) is 34.1 Å². The molecule has 0 saturated carbocycles. The lowest BCUT2D eigenvalue weighted by atomic mass is 10.3. The van der Waals surface area contributed by atoms with Gasteiger partial charge in [-0.25, -0.2) is 4.98 Å². The second kappa shape index (κ2) is 7.09. The second-order valence-electron chi connectivity index (χ2n) is 5.09. The number of pyridine rings is 1. The van der Waals surface area contributed by atoms with Crippen molar-refractivity contribution in [3.05, 3.63) is 23.9 Å². The van der Waals surface area contributed by atoms with Crippen LogP contribution in [0.15, 0.2) is 18.2 Å². The quantitative estimate of drug-likeness (QED) is 0.770. The Morgan fingerprint density at radius 3 is 2.42 bits per heavy atom. The van der Waals surface area contributed by atoms with Gasteiger partial charge in [-0.3, -0.25) is 4.79 Å². The van der Waals surface area contributed by atoms with Crippen LogP contribution in [-0.4, -0.2) is 62.0 Å².